The van der Waals surface area contributed by atoms with Gasteiger partial charge >= 0.3 is 0 Å². The number of ether oxygens (including phenoxy) is 1. The van der Waals surface area contributed by atoms with E-state index in [1.165, 1.54) is 13.2 Å². The number of hydrogen-bond donors (Lipinski definition) is 0. The Morgan fingerprint density at radius 1 is 1.26 bits per heavy atom. The third kappa shape index (κ3) is 5.42. The summed E-state index contributed by atoms with van der Waals surface area (Å²) in [4.78, 5) is 30.3. The normalized spacial score (nSPS) is 16.6. The third-order valence-corrected chi connectivity index (χ3v) is 5.10. The number of likely N-dealkylation sites (N-methyl/N-ethyl adjacent to an activating group) is 1. The van der Waals surface area contributed by atoms with E-state index in [9.17, 15) is 14.0 Å². The van der Waals surface area contributed by atoms with Crippen molar-refractivity contribution in [2.75, 3.05) is 40.3 Å². The van der Waals surface area contributed by atoms with Gasteiger partial charge in [0, 0.05) is 46.2 Å². The number of nitrogens with zero attached hydrogens (tertiary/aromatic N) is 3. The van der Waals surface area contributed by atoms with Crippen LogP contribution in [0.25, 0.3) is 0 Å². The summed E-state index contributed by atoms with van der Waals surface area (Å²) >= 11 is 0. The quantitative estimate of drug-likeness (QED) is 0.760. The second-order valence-corrected chi connectivity index (χ2v) is 6.96. The summed E-state index contributed by atoms with van der Waals surface area (Å²) < 4.78 is 18.8. The topological polar surface area (TPSA) is 53.1 Å². The highest BCUT2D eigenvalue weighted by Gasteiger charge is 2.27. The molecule has 1 atom stereocenters. The molecule has 0 saturated carbocycles. The average molecular weight is 379 g/mol. The van der Waals surface area contributed by atoms with E-state index in [2.05, 4.69) is 4.90 Å². The van der Waals surface area contributed by atoms with Gasteiger partial charge in [0.1, 0.15) is 0 Å². The van der Waals surface area contributed by atoms with Crippen molar-refractivity contribution in [3.05, 3.63) is 29.6 Å². The van der Waals surface area contributed by atoms with Gasteiger partial charge in [-0.15, -0.1) is 0 Å². The predicted molar refractivity (Wildman–Crippen MR) is 102 cm³/mol. The minimum Gasteiger partial charge on any atom is -0.494 e. The van der Waals surface area contributed by atoms with Gasteiger partial charge in [0.2, 0.25) is 11.8 Å². The molecule has 0 radical (unpaired) electrons. The fourth-order valence-electron chi connectivity index (χ4n) is 3.43. The summed E-state index contributed by atoms with van der Waals surface area (Å²) in [5.41, 5.74) is 0.715. The number of benzene rings is 1. The molecule has 1 saturated heterocycles. The zero-order valence-electron chi connectivity index (χ0n) is 16.7. The summed E-state index contributed by atoms with van der Waals surface area (Å²) in [5, 5.41) is 0. The molecule has 1 aliphatic heterocycles. The molecular formula is C20H30FN3O3. The molecule has 1 fully saturated rings. The highest BCUT2D eigenvalue weighted by atomic mass is 19.1. The Balaban J connectivity index is 1.95. The summed E-state index contributed by atoms with van der Waals surface area (Å²) in [7, 11) is 3.15. The van der Waals surface area contributed by atoms with E-state index >= 15 is 0 Å². The summed E-state index contributed by atoms with van der Waals surface area (Å²) in [6, 6.07) is 4.44. The number of halogens is 1. The van der Waals surface area contributed by atoms with Crippen molar-refractivity contribution in [3.63, 3.8) is 0 Å². The highest BCUT2D eigenvalue weighted by Crippen LogP contribution is 2.19. The monoisotopic (exact) mass is 379 g/mol. The summed E-state index contributed by atoms with van der Waals surface area (Å²) in [5.74, 6) is -0.0927. The molecule has 2 rings (SSSR count). The minimum absolute atomic E-state index is 0.0125. The molecule has 0 spiro atoms. The van der Waals surface area contributed by atoms with Crippen LogP contribution in [0.2, 0.25) is 0 Å². The maximum Gasteiger partial charge on any atom is 0.239 e. The van der Waals surface area contributed by atoms with Crippen LogP contribution in [0.15, 0.2) is 18.2 Å². The van der Waals surface area contributed by atoms with Crippen LogP contribution in [-0.4, -0.2) is 72.9 Å². The van der Waals surface area contributed by atoms with Crippen LogP contribution >= 0.6 is 0 Å². The number of hydrogen-bond acceptors (Lipinski definition) is 4. The lowest BCUT2D eigenvalue weighted by Crippen LogP contribution is -2.47. The van der Waals surface area contributed by atoms with Crippen molar-refractivity contribution >= 4 is 11.8 Å². The standard InChI is InChI=1S/C20H30FN3O3/c1-5-19(25)24-10-6-9-23(11-12-24)15(2)20(26)22(3)14-16-7-8-18(27-4)17(21)13-16/h7-8,13,15H,5-6,9-12,14H2,1-4H3. The van der Waals surface area contributed by atoms with E-state index in [-0.39, 0.29) is 23.6 Å². The van der Waals surface area contributed by atoms with Crippen molar-refractivity contribution < 1.29 is 18.7 Å². The third-order valence-electron chi connectivity index (χ3n) is 5.10. The number of carbonyl (C=O) groups is 2. The SMILES string of the molecule is CCC(=O)N1CCCN(C(C)C(=O)N(C)Cc2ccc(OC)c(F)c2)CC1. The fraction of sp³-hybridized carbons (Fsp3) is 0.600. The molecule has 0 bridgehead atoms. The molecule has 6 nitrogen and oxygen atoms in total. The molecule has 1 aromatic carbocycles. The van der Waals surface area contributed by atoms with Crippen LogP contribution in [0, 0.1) is 5.82 Å². The highest BCUT2D eigenvalue weighted by molar-refractivity contribution is 5.81. The molecule has 2 amide bonds. The second kappa shape index (κ2) is 9.69. The number of methoxy groups -OCH3 is 1. The van der Waals surface area contributed by atoms with Crippen LogP contribution in [0.1, 0.15) is 32.3 Å². The lowest BCUT2D eigenvalue weighted by atomic mass is 10.1. The molecule has 27 heavy (non-hydrogen) atoms. The van der Waals surface area contributed by atoms with Gasteiger partial charge in [-0.25, -0.2) is 4.39 Å². The van der Waals surface area contributed by atoms with Crippen molar-refractivity contribution in [3.8, 4) is 5.75 Å². The maximum absolute atomic E-state index is 13.9. The van der Waals surface area contributed by atoms with Crippen LogP contribution in [-0.2, 0) is 16.1 Å². The molecule has 0 aromatic heterocycles. The Labute approximate surface area is 160 Å². The van der Waals surface area contributed by atoms with Gasteiger partial charge < -0.3 is 14.5 Å². The van der Waals surface area contributed by atoms with Gasteiger partial charge in [-0.3, -0.25) is 14.5 Å². The smallest absolute Gasteiger partial charge is 0.239 e. The molecule has 7 heteroatoms. The van der Waals surface area contributed by atoms with Crippen LogP contribution in [0.4, 0.5) is 4.39 Å². The van der Waals surface area contributed by atoms with E-state index in [4.69, 9.17) is 4.74 Å². The molecular weight excluding hydrogens is 349 g/mol. The molecule has 150 valence electrons. The van der Waals surface area contributed by atoms with E-state index in [0.29, 0.717) is 31.6 Å². The first-order chi connectivity index (χ1) is 12.9. The first kappa shape index (κ1) is 21.2. The average Bonchev–Trinajstić information content (AvgIpc) is 2.92. The largest absolute Gasteiger partial charge is 0.494 e. The predicted octanol–water partition coefficient (Wildman–Crippen LogP) is 2.13. The van der Waals surface area contributed by atoms with E-state index in [1.54, 1.807) is 24.1 Å². The molecule has 1 unspecified atom stereocenters. The van der Waals surface area contributed by atoms with E-state index < -0.39 is 5.82 Å². The summed E-state index contributed by atoms with van der Waals surface area (Å²) in [6.45, 7) is 6.95. The van der Waals surface area contributed by atoms with E-state index in [0.717, 1.165) is 19.5 Å². The van der Waals surface area contributed by atoms with Gasteiger partial charge in [0.25, 0.3) is 0 Å². The fourth-order valence-corrected chi connectivity index (χ4v) is 3.43. The number of amides is 2. The van der Waals surface area contributed by atoms with E-state index in [1.807, 2.05) is 18.7 Å². The molecule has 1 aromatic rings. The zero-order chi connectivity index (χ0) is 20.0. The molecule has 1 aliphatic rings. The first-order valence-electron chi connectivity index (χ1n) is 9.46. The number of rotatable bonds is 6. The van der Waals surface area contributed by atoms with Gasteiger partial charge in [-0.05, 0) is 31.0 Å². The Bertz CT molecular complexity index is 668. The van der Waals surface area contributed by atoms with Crippen molar-refractivity contribution in [1.29, 1.82) is 0 Å². The van der Waals surface area contributed by atoms with Crippen LogP contribution < -0.4 is 4.74 Å². The van der Waals surface area contributed by atoms with Gasteiger partial charge in [-0.1, -0.05) is 13.0 Å². The van der Waals surface area contributed by atoms with Gasteiger partial charge in [-0.2, -0.15) is 0 Å². The zero-order valence-corrected chi connectivity index (χ0v) is 16.7. The lowest BCUT2D eigenvalue weighted by molar-refractivity contribution is -0.135. The molecule has 0 aliphatic carbocycles. The Morgan fingerprint density at radius 2 is 2.00 bits per heavy atom. The Hall–Kier alpha value is -2.15. The van der Waals surface area contributed by atoms with Gasteiger partial charge in [0.05, 0.1) is 13.2 Å². The van der Waals surface area contributed by atoms with Crippen LogP contribution in [0.5, 0.6) is 5.75 Å². The minimum atomic E-state index is -0.433. The Kier molecular flexibility index (Phi) is 7.59. The first-order valence-corrected chi connectivity index (χ1v) is 9.46. The van der Waals surface area contributed by atoms with Crippen LogP contribution in [0.3, 0.4) is 0 Å². The maximum atomic E-state index is 13.9. The van der Waals surface area contributed by atoms with Crippen molar-refractivity contribution in [1.82, 2.24) is 14.7 Å². The second-order valence-electron chi connectivity index (χ2n) is 6.96. The van der Waals surface area contributed by atoms with Gasteiger partial charge in [0.15, 0.2) is 11.6 Å². The lowest BCUT2D eigenvalue weighted by Gasteiger charge is -2.30. The molecule has 0 N–H and O–H groups in total. The van der Waals surface area contributed by atoms with Crippen molar-refractivity contribution in [2.45, 2.75) is 39.3 Å². The van der Waals surface area contributed by atoms with Crippen molar-refractivity contribution in [2.24, 2.45) is 0 Å². The number of carbonyl (C=O) groups excluding carboxylic acids is 2. The molecule has 1 heterocycles. The summed E-state index contributed by atoms with van der Waals surface area (Å²) in [6.07, 6.45) is 1.37. The Morgan fingerprint density at radius 3 is 2.63 bits per heavy atom.